The van der Waals surface area contributed by atoms with E-state index in [9.17, 15) is 4.79 Å². The molecule has 0 unspecified atom stereocenters. The van der Waals surface area contributed by atoms with Crippen molar-refractivity contribution in [1.29, 1.82) is 0 Å². The summed E-state index contributed by atoms with van der Waals surface area (Å²) in [6, 6.07) is 8.14. The number of para-hydroxylation sites is 2. The van der Waals surface area contributed by atoms with Crippen molar-refractivity contribution in [2.75, 3.05) is 12.3 Å². The van der Waals surface area contributed by atoms with Crippen molar-refractivity contribution in [3.63, 3.8) is 0 Å². The molecule has 0 N–H and O–H groups in total. The van der Waals surface area contributed by atoms with Gasteiger partial charge in [-0.15, -0.1) is 10.2 Å². The highest BCUT2D eigenvalue weighted by Crippen LogP contribution is 2.33. The molecule has 1 aromatic carbocycles. The number of amides is 1. The van der Waals surface area contributed by atoms with Gasteiger partial charge in [-0.1, -0.05) is 23.9 Å². The summed E-state index contributed by atoms with van der Waals surface area (Å²) < 4.78 is 3.94. The Morgan fingerprint density at radius 2 is 2.16 bits per heavy atom. The Kier molecular flexibility index (Phi) is 4.20. The zero-order valence-corrected chi connectivity index (χ0v) is 15.1. The minimum atomic E-state index is 0.0463. The summed E-state index contributed by atoms with van der Waals surface area (Å²) >= 11 is 1.43. The summed E-state index contributed by atoms with van der Waals surface area (Å²) in [5.74, 6) is 1.46. The number of carbonyl (C=O) groups excluding carboxylic acids is 1. The van der Waals surface area contributed by atoms with Crippen LogP contribution in [-0.2, 0) is 18.9 Å². The number of likely N-dealkylation sites (tertiary alicyclic amines) is 1. The Morgan fingerprint density at radius 3 is 2.92 bits per heavy atom. The molecule has 3 aromatic rings. The monoisotopic (exact) mass is 356 g/mol. The fraction of sp³-hybridized carbons (Fsp3) is 0.412. The van der Waals surface area contributed by atoms with Gasteiger partial charge in [0.2, 0.25) is 5.91 Å². The molecule has 1 amide bonds. The molecule has 25 heavy (non-hydrogen) atoms. The summed E-state index contributed by atoms with van der Waals surface area (Å²) in [4.78, 5) is 19.5. The van der Waals surface area contributed by atoms with E-state index in [1.807, 2.05) is 41.8 Å². The molecule has 1 saturated heterocycles. The summed E-state index contributed by atoms with van der Waals surface area (Å²) in [5, 5.41) is 8.63. The number of carbonyl (C=O) groups is 1. The third kappa shape index (κ3) is 2.90. The van der Waals surface area contributed by atoms with Gasteiger partial charge in [0.25, 0.3) is 0 Å². The van der Waals surface area contributed by atoms with E-state index in [1.165, 1.54) is 11.8 Å². The Labute approximate surface area is 150 Å². The maximum Gasteiger partial charge on any atom is 0.233 e. The van der Waals surface area contributed by atoms with Crippen molar-refractivity contribution in [2.45, 2.75) is 24.0 Å². The molecule has 1 atom stereocenters. The third-order valence-corrected chi connectivity index (χ3v) is 5.71. The van der Waals surface area contributed by atoms with Crippen molar-refractivity contribution < 1.29 is 4.79 Å². The first-order valence-corrected chi connectivity index (χ1v) is 9.31. The highest BCUT2D eigenvalue weighted by atomic mass is 32.2. The van der Waals surface area contributed by atoms with E-state index in [-0.39, 0.29) is 11.9 Å². The number of imidazole rings is 1. The fourth-order valence-corrected chi connectivity index (χ4v) is 4.18. The van der Waals surface area contributed by atoms with Crippen LogP contribution >= 0.6 is 11.8 Å². The average molecular weight is 356 g/mol. The highest BCUT2D eigenvalue weighted by molar-refractivity contribution is 7.99. The lowest BCUT2D eigenvalue weighted by atomic mass is 10.2. The van der Waals surface area contributed by atoms with E-state index in [0.29, 0.717) is 5.75 Å². The Balaban J connectivity index is 1.54. The van der Waals surface area contributed by atoms with Gasteiger partial charge in [-0.05, 0) is 25.0 Å². The predicted molar refractivity (Wildman–Crippen MR) is 96.1 cm³/mol. The molecule has 1 aliphatic rings. The van der Waals surface area contributed by atoms with Crippen molar-refractivity contribution >= 4 is 28.7 Å². The number of fused-ring (bicyclic) bond motifs is 1. The molecule has 130 valence electrons. The molecule has 0 bridgehead atoms. The van der Waals surface area contributed by atoms with Gasteiger partial charge in [-0.2, -0.15) is 0 Å². The molecule has 0 spiro atoms. The predicted octanol–water partition coefficient (Wildman–Crippen LogP) is 2.16. The smallest absolute Gasteiger partial charge is 0.233 e. The van der Waals surface area contributed by atoms with Crippen LogP contribution in [-0.4, -0.2) is 47.4 Å². The minimum Gasteiger partial charge on any atom is -0.332 e. The number of aromatic nitrogens is 5. The molecule has 0 saturated carbocycles. The molecule has 3 heterocycles. The number of nitrogens with zero attached hydrogens (tertiary/aromatic N) is 6. The third-order valence-electron chi connectivity index (χ3n) is 4.69. The van der Waals surface area contributed by atoms with Gasteiger partial charge in [0.05, 0.1) is 22.8 Å². The highest BCUT2D eigenvalue weighted by Gasteiger charge is 2.33. The van der Waals surface area contributed by atoms with Gasteiger partial charge in [-0.25, -0.2) is 4.98 Å². The summed E-state index contributed by atoms with van der Waals surface area (Å²) in [7, 11) is 3.91. The average Bonchev–Trinajstić information content (AvgIpc) is 3.32. The number of aryl methyl sites for hydroxylation is 2. The van der Waals surface area contributed by atoms with Crippen molar-refractivity contribution in [2.24, 2.45) is 14.1 Å². The van der Waals surface area contributed by atoms with Crippen LogP contribution in [0.5, 0.6) is 0 Å². The van der Waals surface area contributed by atoms with Crippen LogP contribution in [0.1, 0.15) is 24.7 Å². The zero-order chi connectivity index (χ0) is 17.4. The number of benzene rings is 1. The van der Waals surface area contributed by atoms with Crippen molar-refractivity contribution in [1.82, 2.24) is 29.2 Å². The van der Waals surface area contributed by atoms with Crippen LogP contribution in [0, 0.1) is 0 Å². The quantitative estimate of drug-likeness (QED) is 0.670. The summed E-state index contributed by atoms with van der Waals surface area (Å²) in [6.07, 6.45) is 3.61. The zero-order valence-electron chi connectivity index (χ0n) is 14.3. The second-order valence-corrected chi connectivity index (χ2v) is 7.22. The summed E-state index contributed by atoms with van der Waals surface area (Å²) in [5.41, 5.74) is 2.08. The van der Waals surface area contributed by atoms with Crippen LogP contribution in [0.4, 0.5) is 0 Å². The first-order chi connectivity index (χ1) is 12.1. The molecule has 1 fully saturated rings. The van der Waals surface area contributed by atoms with Gasteiger partial charge in [0.15, 0.2) is 5.16 Å². The number of thioether (sulfide) groups is 1. The lowest BCUT2D eigenvalue weighted by molar-refractivity contribution is -0.129. The molecule has 8 heteroatoms. The van der Waals surface area contributed by atoms with E-state index in [1.54, 1.807) is 6.33 Å². The minimum absolute atomic E-state index is 0.0463. The maximum atomic E-state index is 12.8. The van der Waals surface area contributed by atoms with Crippen molar-refractivity contribution in [3.05, 3.63) is 36.4 Å². The van der Waals surface area contributed by atoms with Gasteiger partial charge >= 0.3 is 0 Å². The standard InChI is InChI=1S/C17H20N6OS/c1-21-11-18-20-17(21)25-10-15(24)23-9-5-8-14(23)16-19-12-6-3-4-7-13(12)22(16)2/h3-4,6-7,11,14H,5,8-10H2,1-2H3/t14-/m1/s1. The number of rotatable bonds is 4. The van der Waals surface area contributed by atoms with Crippen LogP contribution in [0.25, 0.3) is 11.0 Å². The number of hydrogen-bond acceptors (Lipinski definition) is 5. The lowest BCUT2D eigenvalue weighted by Gasteiger charge is -2.24. The summed E-state index contributed by atoms with van der Waals surface area (Å²) in [6.45, 7) is 0.784. The fourth-order valence-electron chi connectivity index (χ4n) is 3.41. The number of hydrogen-bond donors (Lipinski definition) is 0. The molecule has 0 aliphatic carbocycles. The van der Waals surface area contributed by atoms with Gasteiger partial charge < -0.3 is 14.0 Å². The molecule has 1 aliphatic heterocycles. The first-order valence-electron chi connectivity index (χ1n) is 8.33. The van der Waals surface area contributed by atoms with Crippen LogP contribution in [0.3, 0.4) is 0 Å². The van der Waals surface area contributed by atoms with Gasteiger partial charge in [0.1, 0.15) is 12.2 Å². The first kappa shape index (κ1) is 16.1. The van der Waals surface area contributed by atoms with Gasteiger partial charge in [-0.3, -0.25) is 4.79 Å². The van der Waals surface area contributed by atoms with E-state index < -0.39 is 0 Å². The molecule has 4 rings (SSSR count). The van der Waals surface area contributed by atoms with E-state index >= 15 is 0 Å². The topological polar surface area (TPSA) is 68.8 Å². The van der Waals surface area contributed by atoms with E-state index in [2.05, 4.69) is 20.8 Å². The van der Waals surface area contributed by atoms with E-state index in [4.69, 9.17) is 4.98 Å². The Hall–Kier alpha value is -2.35. The second-order valence-electron chi connectivity index (χ2n) is 6.28. The van der Waals surface area contributed by atoms with Crippen LogP contribution in [0.15, 0.2) is 35.7 Å². The lowest BCUT2D eigenvalue weighted by Crippen LogP contribution is -2.33. The Morgan fingerprint density at radius 1 is 1.32 bits per heavy atom. The molecular formula is C17H20N6OS. The SMILES string of the molecule is Cn1cnnc1SCC(=O)N1CCC[C@@H]1c1nc2ccccc2n1C. The molecule has 2 aromatic heterocycles. The van der Waals surface area contributed by atoms with Crippen molar-refractivity contribution in [3.8, 4) is 0 Å². The largest absolute Gasteiger partial charge is 0.332 e. The van der Waals surface area contributed by atoms with Gasteiger partial charge in [0, 0.05) is 20.6 Å². The van der Waals surface area contributed by atoms with Crippen LogP contribution < -0.4 is 0 Å². The van der Waals surface area contributed by atoms with Crippen LogP contribution in [0.2, 0.25) is 0 Å². The molecule has 0 radical (unpaired) electrons. The second kappa shape index (κ2) is 6.51. The Bertz CT molecular complexity index is 917. The molecule has 7 nitrogen and oxygen atoms in total. The normalized spacial score (nSPS) is 17.5. The maximum absolute atomic E-state index is 12.8. The molecular weight excluding hydrogens is 336 g/mol. The van der Waals surface area contributed by atoms with E-state index in [0.717, 1.165) is 41.4 Å².